The van der Waals surface area contributed by atoms with Gasteiger partial charge in [0.15, 0.2) is 0 Å². The van der Waals surface area contributed by atoms with Gasteiger partial charge in [0.25, 0.3) is 5.91 Å². The lowest BCUT2D eigenvalue weighted by Gasteiger charge is -2.29. The number of halogens is 1. The lowest BCUT2D eigenvalue weighted by molar-refractivity contribution is -0.122. The van der Waals surface area contributed by atoms with E-state index in [2.05, 4.69) is 0 Å². The minimum atomic E-state index is -4.22. The minimum Gasteiger partial charge on any atom is -0.274 e. The van der Waals surface area contributed by atoms with Crippen LogP contribution in [0.3, 0.4) is 0 Å². The molecule has 1 fully saturated rings. The largest absolute Gasteiger partial charge is 0.274 e. The molecule has 1 heterocycles. The van der Waals surface area contributed by atoms with Gasteiger partial charge in [-0.3, -0.25) is 9.59 Å². The lowest BCUT2D eigenvalue weighted by Crippen LogP contribution is -2.45. The zero-order chi connectivity index (χ0) is 25.5. The molecule has 1 unspecified atom stereocenters. The van der Waals surface area contributed by atoms with Gasteiger partial charge in [-0.05, 0) is 79.8 Å². The number of sulfonamides is 1. The molecule has 0 spiro atoms. The molecular formula is C27H27FN2O4S. The number of amides is 2. The average Bonchev–Trinajstić information content (AvgIpc) is 3.11. The predicted octanol–water partition coefficient (Wildman–Crippen LogP) is 4.58. The van der Waals surface area contributed by atoms with Gasteiger partial charge in [0, 0.05) is 6.54 Å². The number of hydrogen-bond donors (Lipinski definition) is 0. The zero-order valence-electron chi connectivity index (χ0n) is 20.1. The predicted molar refractivity (Wildman–Crippen MR) is 132 cm³/mol. The van der Waals surface area contributed by atoms with Crippen LogP contribution in [0.4, 0.5) is 10.1 Å². The van der Waals surface area contributed by atoms with Crippen LogP contribution in [0, 0.1) is 33.5 Å². The first kappa shape index (κ1) is 24.8. The van der Waals surface area contributed by atoms with Gasteiger partial charge in [-0.2, -0.15) is 4.31 Å². The quantitative estimate of drug-likeness (QED) is 0.470. The molecule has 0 aliphatic carbocycles. The van der Waals surface area contributed by atoms with Gasteiger partial charge < -0.3 is 0 Å². The summed E-state index contributed by atoms with van der Waals surface area (Å²) in [5.74, 6) is -1.53. The van der Waals surface area contributed by atoms with Crippen molar-refractivity contribution in [2.24, 2.45) is 0 Å². The van der Waals surface area contributed by atoms with Crippen molar-refractivity contribution in [3.05, 3.63) is 94.3 Å². The van der Waals surface area contributed by atoms with Crippen LogP contribution in [0.1, 0.15) is 34.2 Å². The highest BCUT2D eigenvalue weighted by atomic mass is 32.2. The van der Waals surface area contributed by atoms with Crippen LogP contribution in [-0.4, -0.2) is 30.6 Å². The molecular weight excluding hydrogens is 467 g/mol. The van der Waals surface area contributed by atoms with E-state index < -0.39 is 33.7 Å². The van der Waals surface area contributed by atoms with E-state index in [1.165, 1.54) is 24.3 Å². The number of carbonyl (C=O) groups is 2. The summed E-state index contributed by atoms with van der Waals surface area (Å²) in [5.41, 5.74) is 3.71. The molecule has 1 saturated heterocycles. The van der Waals surface area contributed by atoms with Gasteiger partial charge in [0.05, 0.1) is 17.0 Å². The molecule has 2 amide bonds. The highest BCUT2D eigenvalue weighted by molar-refractivity contribution is 7.89. The highest BCUT2D eigenvalue weighted by Gasteiger charge is 2.47. The van der Waals surface area contributed by atoms with Crippen molar-refractivity contribution in [1.29, 1.82) is 0 Å². The van der Waals surface area contributed by atoms with E-state index in [-0.39, 0.29) is 17.9 Å². The molecule has 4 rings (SSSR count). The Labute approximate surface area is 205 Å². The third-order valence-electron chi connectivity index (χ3n) is 6.60. The zero-order valence-corrected chi connectivity index (χ0v) is 20.9. The van der Waals surface area contributed by atoms with E-state index in [1.807, 2.05) is 19.9 Å². The lowest BCUT2D eigenvalue weighted by atomic mass is 10.0. The number of rotatable bonds is 6. The fraction of sp³-hybridized carbons (Fsp3) is 0.259. The first-order chi connectivity index (χ1) is 16.5. The number of nitrogens with zero attached hydrogens (tertiary/aromatic N) is 2. The van der Waals surface area contributed by atoms with Crippen LogP contribution < -0.4 is 4.90 Å². The number of aryl methyl sites for hydroxylation is 2. The normalized spacial score (nSPS) is 16.4. The molecule has 3 aromatic rings. The molecule has 6 nitrogen and oxygen atoms in total. The van der Waals surface area contributed by atoms with Crippen molar-refractivity contribution in [2.75, 3.05) is 4.90 Å². The Morgan fingerprint density at radius 2 is 1.49 bits per heavy atom. The second-order valence-electron chi connectivity index (χ2n) is 8.89. The van der Waals surface area contributed by atoms with Crippen LogP contribution in [0.15, 0.2) is 65.6 Å². The van der Waals surface area contributed by atoms with E-state index in [9.17, 15) is 22.4 Å². The minimum absolute atomic E-state index is 0.135. The van der Waals surface area contributed by atoms with Crippen molar-refractivity contribution in [2.45, 2.75) is 51.6 Å². The smallest absolute Gasteiger partial charge is 0.252 e. The maximum Gasteiger partial charge on any atom is 0.252 e. The van der Waals surface area contributed by atoms with Crippen LogP contribution in [0.5, 0.6) is 0 Å². The summed E-state index contributed by atoms with van der Waals surface area (Å²) in [6, 6.07) is 14.6. The maximum absolute atomic E-state index is 14.2. The van der Waals surface area contributed by atoms with Gasteiger partial charge >= 0.3 is 0 Å². The van der Waals surface area contributed by atoms with Crippen LogP contribution in [-0.2, 0) is 26.2 Å². The standard InChI is InChI=1S/C27H27FN2O4S/c1-17-14-18(2)20(4)26(19(17)3)35(33,34)29(16-21-10-12-22(28)13-11-21)24-15-25(31)30(27(24)32)23-8-6-5-7-9-23/h5-14,24H,15-16H2,1-4H3. The summed E-state index contributed by atoms with van der Waals surface area (Å²) in [6.45, 7) is 6.98. The number of imide groups is 1. The number of benzene rings is 3. The molecule has 1 aliphatic heterocycles. The number of para-hydroxylation sites is 1. The van der Waals surface area contributed by atoms with Crippen molar-refractivity contribution < 1.29 is 22.4 Å². The van der Waals surface area contributed by atoms with E-state index in [0.717, 1.165) is 20.3 Å². The van der Waals surface area contributed by atoms with Crippen LogP contribution >= 0.6 is 0 Å². The second-order valence-corrected chi connectivity index (χ2v) is 10.7. The summed E-state index contributed by atoms with van der Waals surface area (Å²) >= 11 is 0. The van der Waals surface area contributed by atoms with Crippen molar-refractivity contribution >= 4 is 27.5 Å². The third-order valence-corrected chi connectivity index (χ3v) is 8.73. The van der Waals surface area contributed by atoms with Crippen LogP contribution in [0.25, 0.3) is 0 Å². The van der Waals surface area contributed by atoms with Crippen molar-refractivity contribution in [3.8, 4) is 0 Å². The molecule has 0 N–H and O–H groups in total. The Bertz CT molecular complexity index is 1380. The summed E-state index contributed by atoms with van der Waals surface area (Å²) in [7, 11) is -4.22. The van der Waals surface area contributed by atoms with Gasteiger partial charge in [0.1, 0.15) is 11.9 Å². The molecule has 8 heteroatoms. The molecule has 35 heavy (non-hydrogen) atoms. The molecule has 182 valence electrons. The molecule has 0 bridgehead atoms. The third kappa shape index (κ3) is 4.51. The Morgan fingerprint density at radius 1 is 0.914 bits per heavy atom. The second kappa shape index (κ2) is 9.36. The SMILES string of the molecule is Cc1cc(C)c(C)c(S(=O)(=O)N(Cc2ccc(F)cc2)C2CC(=O)N(c3ccccc3)C2=O)c1C. The molecule has 1 aliphatic rings. The first-order valence-electron chi connectivity index (χ1n) is 11.3. The summed E-state index contributed by atoms with van der Waals surface area (Å²) in [5, 5.41) is 0. The molecule has 3 aromatic carbocycles. The Hall–Kier alpha value is -3.36. The van der Waals surface area contributed by atoms with E-state index in [1.54, 1.807) is 44.2 Å². The van der Waals surface area contributed by atoms with E-state index >= 15 is 0 Å². The molecule has 0 saturated carbocycles. The summed E-state index contributed by atoms with van der Waals surface area (Å²) in [6.07, 6.45) is -0.281. The number of hydrogen-bond acceptors (Lipinski definition) is 4. The van der Waals surface area contributed by atoms with Crippen molar-refractivity contribution in [1.82, 2.24) is 4.31 Å². The highest BCUT2D eigenvalue weighted by Crippen LogP contribution is 2.34. The summed E-state index contributed by atoms with van der Waals surface area (Å²) < 4.78 is 43.0. The molecule has 1 atom stereocenters. The monoisotopic (exact) mass is 494 g/mol. The van der Waals surface area contributed by atoms with Gasteiger partial charge in [-0.15, -0.1) is 0 Å². The Balaban J connectivity index is 1.85. The van der Waals surface area contributed by atoms with Gasteiger partial charge in [-0.1, -0.05) is 36.4 Å². The molecule has 0 aromatic heterocycles. The number of carbonyl (C=O) groups excluding carboxylic acids is 2. The summed E-state index contributed by atoms with van der Waals surface area (Å²) in [4.78, 5) is 27.6. The topological polar surface area (TPSA) is 74.8 Å². The fourth-order valence-corrected chi connectivity index (χ4v) is 6.66. The Morgan fingerprint density at radius 3 is 2.06 bits per heavy atom. The first-order valence-corrected chi connectivity index (χ1v) is 12.7. The molecule has 0 radical (unpaired) electrons. The average molecular weight is 495 g/mol. The number of anilines is 1. The van der Waals surface area contributed by atoms with E-state index in [4.69, 9.17) is 0 Å². The Kier molecular flexibility index (Phi) is 6.62. The fourth-order valence-electron chi connectivity index (χ4n) is 4.51. The van der Waals surface area contributed by atoms with E-state index in [0.29, 0.717) is 22.4 Å². The van der Waals surface area contributed by atoms with Crippen molar-refractivity contribution in [3.63, 3.8) is 0 Å². The van der Waals surface area contributed by atoms with Gasteiger partial charge in [0.2, 0.25) is 15.9 Å². The van der Waals surface area contributed by atoms with Gasteiger partial charge in [-0.25, -0.2) is 17.7 Å². The van der Waals surface area contributed by atoms with Crippen LogP contribution in [0.2, 0.25) is 0 Å². The maximum atomic E-state index is 14.2.